The fourth-order valence-electron chi connectivity index (χ4n) is 5.47. The van der Waals surface area contributed by atoms with E-state index in [-0.39, 0.29) is 12.0 Å². The molecule has 8 nitrogen and oxygen atoms in total. The molecule has 2 fully saturated rings. The van der Waals surface area contributed by atoms with Gasteiger partial charge in [0.2, 0.25) is 0 Å². The lowest BCUT2D eigenvalue weighted by Crippen LogP contribution is -2.39. The molecule has 9 heteroatoms. The molecule has 35 heavy (non-hydrogen) atoms. The van der Waals surface area contributed by atoms with Crippen molar-refractivity contribution in [2.75, 3.05) is 24.7 Å². The summed E-state index contributed by atoms with van der Waals surface area (Å²) >= 11 is 6.93. The van der Waals surface area contributed by atoms with Gasteiger partial charge in [-0.15, -0.1) is 0 Å². The van der Waals surface area contributed by atoms with Crippen molar-refractivity contribution in [3.05, 3.63) is 27.4 Å². The first-order valence-electron chi connectivity index (χ1n) is 12.7. The van der Waals surface area contributed by atoms with E-state index in [1.165, 1.54) is 0 Å². The van der Waals surface area contributed by atoms with Gasteiger partial charge in [-0.1, -0.05) is 11.6 Å². The predicted molar refractivity (Wildman–Crippen MR) is 135 cm³/mol. The minimum absolute atomic E-state index is 0.277. The topological polar surface area (TPSA) is 88.5 Å². The Balaban J connectivity index is 1.46. The Labute approximate surface area is 211 Å². The Bertz CT molecular complexity index is 1140. The van der Waals surface area contributed by atoms with Crippen LogP contribution in [0.4, 0.5) is 10.5 Å². The number of carbonyl (C=O) groups excluding carboxylic acids is 1. The van der Waals surface area contributed by atoms with E-state index in [1.807, 2.05) is 26.8 Å². The van der Waals surface area contributed by atoms with Gasteiger partial charge in [0, 0.05) is 30.4 Å². The molecule has 4 heterocycles. The molecular weight excluding hydrogens is 468 g/mol. The summed E-state index contributed by atoms with van der Waals surface area (Å²) in [6.07, 6.45) is 9.79. The van der Waals surface area contributed by atoms with Gasteiger partial charge in [0.05, 0.1) is 41.3 Å². The molecule has 1 aromatic heterocycles. The van der Waals surface area contributed by atoms with Crippen molar-refractivity contribution < 1.29 is 19.0 Å². The quantitative estimate of drug-likeness (QED) is 0.659. The largest absolute Gasteiger partial charge is 0.443 e. The second kappa shape index (κ2) is 10.1. The van der Waals surface area contributed by atoms with Crippen molar-refractivity contribution in [3.8, 4) is 0 Å². The summed E-state index contributed by atoms with van der Waals surface area (Å²) < 4.78 is 17.6. The van der Waals surface area contributed by atoms with Crippen molar-refractivity contribution in [1.82, 2.24) is 4.98 Å². The number of anilines is 1. The number of ether oxygens (including phenoxy) is 3. The second-order valence-corrected chi connectivity index (χ2v) is 11.2. The molecule has 0 spiro atoms. The van der Waals surface area contributed by atoms with Gasteiger partial charge in [0.25, 0.3) is 0 Å². The van der Waals surface area contributed by atoms with Crippen LogP contribution < -0.4 is 15.6 Å². The molecule has 0 aromatic carbocycles. The lowest BCUT2D eigenvalue weighted by atomic mass is 9.81. The average Bonchev–Trinajstić information content (AvgIpc) is 3.12. The number of nitrogens with zero attached hydrogens (tertiary/aromatic N) is 3. The number of hydrogen-bond acceptors (Lipinski definition) is 6. The summed E-state index contributed by atoms with van der Waals surface area (Å²) in [5.41, 5.74) is 2.23. The number of fused-ring (bicyclic) bond motifs is 3. The number of H-pyrrole nitrogens is 1. The minimum atomic E-state index is -0.603. The maximum absolute atomic E-state index is 13.3. The molecule has 1 saturated heterocycles. The zero-order valence-corrected chi connectivity index (χ0v) is 21.6. The van der Waals surface area contributed by atoms with E-state index >= 15 is 0 Å². The van der Waals surface area contributed by atoms with E-state index in [0.717, 1.165) is 79.3 Å². The molecule has 1 N–H and O–H groups in total. The highest BCUT2D eigenvalue weighted by molar-refractivity contribution is 6.36. The summed E-state index contributed by atoms with van der Waals surface area (Å²) in [4.78, 5) is 18.5. The van der Waals surface area contributed by atoms with Crippen LogP contribution in [0.1, 0.15) is 64.9 Å². The van der Waals surface area contributed by atoms with Crippen LogP contribution in [-0.4, -0.2) is 48.6 Å². The molecule has 1 amide bonds. The van der Waals surface area contributed by atoms with Gasteiger partial charge in [0.15, 0.2) is 0 Å². The third kappa shape index (κ3) is 5.34. The SMILES string of the molecule is CC(C)(C)OC(=O)N1CC=C(Cl)C(C2CCC(OC3CCOCC3)CC2)=c2[nH]c3c(c21)CN=NC=3. The van der Waals surface area contributed by atoms with Crippen molar-refractivity contribution in [1.29, 1.82) is 0 Å². The van der Waals surface area contributed by atoms with Crippen LogP contribution in [0.5, 0.6) is 0 Å². The minimum Gasteiger partial charge on any atom is -0.443 e. The Morgan fingerprint density at radius 2 is 1.86 bits per heavy atom. The summed E-state index contributed by atoms with van der Waals surface area (Å²) in [7, 11) is 0. The fourth-order valence-corrected chi connectivity index (χ4v) is 5.78. The monoisotopic (exact) mass is 502 g/mol. The van der Waals surface area contributed by atoms with Gasteiger partial charge in [0.1, 0.15) is 5.60 Å². The molecule has 0 radical (unpaired) electrons. The maximum atomic E-state index is 13.3. The lowest BCUT2D eigenvalue weighted by molar-refractivity contribution is -0.0800. The molecule has 1 aliphatic carbocycles. The van der Waals surface area contributed by atoms with Crippen LogP contribution in [0.3, 0.4) is 0 Å². The number of amides is 1. The number of carbonyl (C=O) groups is 1. The van der Waals surface area contributed by atoms with E-state index in [4.69, 9.17) is 25.8 Å². The van der Waals surface area contributed by atoms with Crippen LogP contribution in [-0.2, 0) is 20.8 Å². The van der Waals surface area contributed by atoms with Crippen LogP contribution in [0, 0.1) is 5.92 Å². The number of nitrogens with one attached hydrogen (secondary N) is 1. The van der Waals surface area contributed by atoms with Crippen LogP contribution >= 0.6 is 11.6 Å². The third-order valence-electron chi connectivity index (χ3n) is 7.10. The Morgan fingerprint density at radius 1 is 1.14 bits per heavy atom. The van der Waals surface area contributed by atoms with Crippen molar-refractivity contribution in [2.45, 2.75) is 83.6 Å². The van der Waals surface area contributed by atoms with Crippen LogP contribution in [0.25, 0.3) is 11.8 Å². The number of halogens is 1. The highest BCUT2D eigenvalue weighted by Crippen LogP contribution is 2.39. The number of azo groups is 1. The summed E-state index contributed by atoms with van der Waals surface area (Å²) in [5, 5.41) is 10.7. The van der Waals surface area contributed by atoms with E-state index < -0.39 is 11.7 Å². The Morgan fingerprint density at radius 3 is 2.57 bits per heavy atom. The first-order valence-corrected chi connectivity index (χ1v) is 13.1. The standard InChI is InChI=1S/C26H35ClN4O4/c1-26(2,3)35-25(32)31-11-8-20(27)22(23-24(31)19-14-28-29-15-21(19)30-23)16-4-6-17(7-5-16)34-18-9-12-33-13-10-18/h8,15-18,30H,4-7,9-14H2,1-3H3. The number of hydrogen-bond donors (Lipinski definition) is 1. The highest BCUT2D eigenvalue weighted by atomic mass is 35.5. The van der Waals surface area contributed by atoms with Gasteiger partial charge in [-0.3, -0.25) is 4.90 Å². The first-order chi connectivity index (χ1) is 16.8. The zero-order chi connectivity index (χ0) is 24.6. The van der Waals surface area contributed by atoms with Crippen molar-refractivity contribution in [3.63, 3.8) is 0 Å². The number of allylic oxidation sites excluding steroid dienone is 1. The normalized spacial score (nSPS) is 25.3. The number of aromatic nitrogens is 1. The Kier molecular flexibility index (Phi) is 7.06. The van der Waals surface area contributed by atoms with E-state index in [1.54, 1.807) is 11.1 Å². The van der Waals surface area contributed by atoms with Crippen molar-refractivity contribution in [2.24, 2.45) is 16.1 Å². The molecule has 0 atom stereocenters. The molecule has 5 rings (SSSR count). The van der Waals surface area contributed by atoms with Gasteiger partial charge in [-0.25, -0.2) is 4.79 Å². The summed E-state index contributed by atoms with van der Waals surface area (Å²) in [6, 6.07) is 0. The zero-order valence-electron chi connectivity index (χ0n) is 20.8. The molecular formula is C26H35ClN4O4. The third-order valence-corrected chi connectivity index (χ3v) is 7.46. The molecule has 190 valence electrons. The number of rotatable bonds is 3. The summed E-state index contributed by atoms with van der Waals surface area (Å²) in [6.45, 7) is 7.96. The van der Waals surface area contributed by atoms with Gasteiger partial charge < -0.3 is 19.2 Å². The smallest absolute Gasteiger partial charge is 0.415 e. The van der Waals surface area contributed by atoms with Gasteiger partial charge in [-0.05, 0) is 76.9 Å². The van der Waals surface area contributed by atoms with E-state index in [2.05, 4.69) is 15.2 Å². The molecule has 1 aromatic rings. The van der Waals surface area contributed by atoms with Crippen LogP contribution in [0.15, 0.2) is 21.3 Å². The number of aromatic amines is 1. The lowest BCUT2D eigenvalue weighted by Gasteiger charge is -2.33. The first kappa shape index (κ1) is 24.5. The van der Waals surface area contributed by atoms with E-state index in [0.29, 0.717) is 24.2 Å². The Hall–Kier alpha value is -2.16. The average molecular weight is 503 g/mol. The van der Waals surface area contributed by atoms with E-state index in [9.17, 15) is 4.79 Å². The molecule has 4 aliphatic rings. The molecule has 3 aliphatic heterocycles. The van der Waals surface area contributed by atoms with Gasteiger partial charge in [-0.2, -0.15) is 10.2 Å². The molecule has 0 bridgehead atoms. The van der Waals surface area contributed by atoms with Gasteiger partial charge >= 0.3 is 6.09 Å². The second-order valence-electron chi connectivity index (χ2n) is 10.8. The maximum Gasteiger partial charge on any atom is 0.415 e. The molecule has 1 saturated carbocycles. The summed E-state index contributed by atoms with van der Waals surface area (Å²) in [5.74, 6) is 0.277. The van der Waals surface area contributed by atoms with Crippen LogP contribution in [0.2, 0.25) is 0 Å². The molecule has 0 unspecified atom stereocenters. The van der Waals surface area contributed by atoms with Crippen molar-refractivity contribution >= 4 is 35.2 Å². The predicted octanol–water partition coefficient (Wildman–Crippen LogP) is 4.50. The highest BCUT2D eigenvalue weighted by Gasteiger charge is 2.34. The fraction of sp³-hybridized carbons (Fsp3) is 0.654.